The maximum Gasteiger partial charge on any atom is 0.270 e. The molecule has 0 spiro atoms. The van der Waals surface area contributed by atoms with Crippen molar-refractivity contribution < 1.29 is 18.7 Å². The number of rotatable bonds is 11. The predicted molar refractivity (Wildman–Crippen MR) is 159 cm³/mol. The van der Waals surface area contributed by atoms with Crippen LogP contribution in [0.15, 0.2) is 77.3 Å². The summed E-state index contributed by atoms with van der Waals surface area (Å²) in [5.74, 6) is 1.47. The molecular formula is C29H25ClFN5O3S2. The first kappa shape index (κ1) is 28.6. The van der Waals surface area contributed by atoms with Crippen LogP contribution >= 0.6 is 34.7 Å². The SMILES string of the molecule is COc1ccc(CCNC(=O)c2csc(CSc3nnc(-c4ccccc4Cl)n3-c3ccccc3F)n2)cc1OC. The minimum atomic E-state index is -0.413. The van der Waals surface area contributed by atoms with Gasteiger partial charge >= 0.3 is 0 Å². The molecule has 0 radical (unpaired) electrons. The molecule has 210 valence electrons. The molecule has 8 nitrogen and oxygen atoms in total. The number of aromatic nitrogens is 4. The lowest BCUT2D eigenvalue weighted by atomic mass is 10.1. The Kier molecular flexibility index (Phi) is 9.17. The average molecular weight is 610 g/mol. The summed E-state index contributed by atoms with van der Waals surface area (Å²) in [6, 6.07) is 19.3. The van der Waals surface area contributed by atoms with E-state index < -0.39 is 5.82 Å². The Morgan fingerprint density at radius 2 is 1.83 bits per heavy atom. The summed E-state index contributed by atoms with van der Waals surface area (Å²) in [5, 5.41) is 15.0. The molecule has 12 heteroatoms. The molecule has 1 amide bonds. The first-order valence-corrected chi connectivity index (χ1v) is 14.7. The Balaban J connectivity index is 1.26. The number of amides is 1. The number of hydrogen-bond donors (Lipinski definition) is 1. The van der Waals surface area contributed by atoms with E-state index in [-0.39, 0.29) is 5.91 Å². The van der Waals surface area contributed by atoms with Crippen LogP contribution < -0.4 is 14.8 Å². The van der Waals surface area contributed by atoms with E-state index in [1.807, 2.05) is 36.4 Å². The summed E-state index contributed by atoms with van der Waals surface area (Å²) >= 11 is 9.15. The van der Waals surface area contributed by atoms with Crippen molar-refractivity contribution in [3.63, 3.8) is 0 Å². The number of nitrogens with one attached hydrogen (secondary N) is 1. The molecule has 0 unspecified atom stereocenters. The highest BCUT2D eigenvalue weighted by atomic mass is 35.5. The van der Waals surface area contributed by atoms with Gasteiger partial charge in [-0.25, -0.2) is 9.37 Å². The number of ether oxygens (including phenoxy) is 2. The number of carbonyl (C=O) groups is 1. The lowest BCUT2D eigenvalue weighted by Crippen LogP contribution is -2.26. The maximum atomic E-state index is 14.9. The summed E-state index contributed by atoms with van der Waals surface area (Å²) in [6.45, 7) is 0.437. The number of hydrogen-bond acceptors (Lipinski definition) is 8. The Morgan fingerprint density at radius 1 is 1.05 bits per heavy atom. The van der Waals surface area contributed by atoms with Crippen LogP contribution in [0.5, 0.6) is 11.5 Å². The third kappa shape index (κ3) is 6.53. The predicted octanol–water partition coefficient (Wildman–Crippen LogP) is 6.47. The van der Waals surface area contributed by atoms with E-state index in [0.29, 0.717) is 63.2 Å². The van der Waals surface area contributed by atoms with Crippen molar-refractivity contribution in [2.75, 3.05) is 20.8 Å². The molecule has 0 aliphatic rings. The van der Waals surface area contributed by atoms with Gasteiger partial charge < -0.3 is 14.8 Å². The molecule has 41 heavy (non-hydrogen) atoms. The number of halogens is 2. The van der Waals surface area contributed by atoms with E-state index in [1.54, 1.807) is 48.4 Å². The number of benzene rings is 3. The molecule has 2 heterocycles. The molecular weight excluding hydrogens is 585 g/mol. The van der Waals surface area contributed by atoms with Gasteiger partial charge in [-0.3, -0.25) is 9.36 Å². The van der Waals surface area contributed by atoms with Gasteiger partial charge in [-0.2, -0.15) is 0 Å². The molecule has 0 fully saturated rings. The number of carbonyl (C=O) groups excluding carboxylic acids is 1. The molecule has 0 bridgehead atoms. The monoisotopic (exact) mass is 609 g/mol. The van der Waals surface area contributed by atoms with Crippen LogP contribution in [0.1, 0.15) is 21.1 Å². The van der Waals surface area contributed by atoms with Crippen LogP contribution in [-0.2, 0) is 12.2 Å². The van der Waals surface area contributed by atoms with E-state index in [1.165, 1.54) is 29.2 Å². The first-order chi connectivity index (χ1) is 20.0. The minimum Gasteiger partial charge on any atom is -0.493 e. The highest BCUT2D eigenvalue weighted by Gasteiger charge is 2.21. The van der Waals surface area contributed by atoms with Crippen molar-refractivity contribution in [1.82, 2.24) is 25.1 Å². The van der Waals surface area contributed by atoms with Gasteiger partial charge in [-0.1, -0.05) is 53.7 Å². The molecule has 0 aliphatic heterocycles. The molecule has 0 saturated heterocycles. The number of para-hydroxylation sites is 1. The zero-order valence-electron chi connectivity index (χ0n) is 22.1. The van der Waals surface area contributed by atoms with Crippen LogP contribution in [0.4, 0.5) is 4.39 Å². The summed E-state index contributed by atoms with van der Waals surface area (Å²) in [4.78, 5) is 17.2. The third-order valence-electron chi connectivity index (χ3n) is 6.10. The average Bonchev–Trinajstić information content (AvgIpc) is 3.64. The Bertz CT molecular complexity index is 1680. The topological polar surface area (TPSA) is 91.2 Å². The summed E-state index contributed by atoms with van der Waals surface area (Å²) in [5.41, 5.74) is 2.29. The number of thioether (sulfide) groups is 1. The lowest BCUT2D eigenvalue weighted by molar-refractivity contribution is 0.0949. The van der Waals surface area contributed by atoms with Gasteiger partial charge in [0.15, 0.2) is 22.5 Å². The summed E-state index contributed by atoms with van der Waals surface area (Å²) in [6.07, 6.45) is 0.623. The van der Waals surface area contributed by atoms with Crippen molar-refractivity contribution in [2.45, 2.75) is 17.3 Å². The second kappa shape index (κ2) is 13.2. The van der Waals surface area contributed by atoms with E-state index in [0.717, 1.165) is 10.6 Å². The van der Waals surface area contributed by atoms with E-state index in [2.05, 4.69) is 20.5 Å². The Labute approximate surface area is 249 Å². The molecule has 0 aliphatic carbocycles. The molecule has 3 aromatic carbocycles. The van der Waals surface area contributed by atoms with Gasteiger partial charge in [-0.15, -0.1) is 21.5 Å². The highest BCUT2D eigenvalue weighted by molar-refractivity contribution is 7.98. The zero-order chi connectivity index (χ0) is 28.8. The van der Waals surface area contributed by atoms with Crippen molar-refractivity contribution in [3.05, 3.63) is 99.2 Å². The number of nitrogens with zero attached hydrogens (tertiary/aromatic N) is 4. The lowest BCUT2D eigenvalue weighted by Gasteiger charge is -2.11. The van der Waals surface area contributed by atoms with Crippen molar-refractivity contribution in [1.29, 1.82) is 0 Å². The Hall–Kier alpha value is -3.93. The quantitative estimate of drug-likeness (QED) is 0.172. The van der Waals surface area contributed by atoms with Crippen LogP contribution in [0, 0.1) is 5.82 Å². The van der Waals surface area contributed by atoms with Crippen LogP contribution in [0.2, 0.25) is 5.02 Å². The fourth-order valence-electron chi connectivity index (χ4n) is 4.09. The fraction of sp³-hybridized carbons (Fsp3) is 0.172. The largest absolute Gasteiger partial charge is 0.493 e. The molecule has 0 atom stereocenters. The van der Waals surface area contributed by atoms with E-state index >= 15 is 0 Å². The number of methoxy groups -OCH3 is 2. The molecule has 0 saturated carbocycles. The van der Waals surface area contributed by atoms with Crippen LogP contribution in [0.25, 0.3) is 17.1 Å². The van der Waals surface area contributed by atoms with Gasteiger partial charge in [0, 0.05) is 17.5 Å². The minimum absolute atomic E-state index is 0.256. The number of thiazole rings is 1. The smallest absolute Gasteiger partial charge is 0.270 e. The molecule has 5 rings (SSSR count). The summed E-state index contributed by atoms with van der Waals surface area (Å²) < 4.78 is 27.1. The standard InChI is InChI=1S/C29H25ClFN5O3S2/c1-38-24-12-11-18(15-25(24)39-2)13-14-32-28(37)22-16-40-26(33-22)17-41-29-35-34-27(19-7-3-4-8-20(19)30)36(29)23-10-6-5-9-21(23)31/h3-12,15-16H,13-14,17H2,1-2H3,(H,32,37). The van der Waals surface area contributed by atoms with Gasteiger partial charge in [-0.05, 0) is 48.4 Å². The molecule has 2 aromatic heterocycles. The zero-order valence-corrected chi connectivity index (χ0v) is 24.5. The second-order valence-electron chi connectivity index (χ2n) is 8.68. The van der Waals surface area contributed by atoms with E-state index in [9.17, 15) is 9.18 Å². The van der Waals surface area contributed by atoms with Gasteiger partial charge in [0.2, 0.25) is 0 Å². The molecule has 1 N–H and O–H groups in total. The first-order valence-electron chi connectivity index (χ1n) is 12.5. The fourth-order valence-corrected chi connectivity index (χ4v) is 6.04. The Morgan fingerprint density at radius 3 is 2.61 bits per heavy atom. The van der Waals surface area contributed by atoms with Gasteiger partial charge in [0.05, 0.1) is 30.7 Å². The van der Waals surface area contributed by atoms with Gasteiger partial charge in [0.25, 0.3) is 5.91 Å². The molecule has 5 aromatic rings. The maximum absolute atomic E-state index is 14.9. The second-order valence-corrected chi connectivity index (χ2v) is 11.0. The van der Waals surface area contributed by atoms with E-state index in [4.69, 9.17) is 21.1 Å². The van der Waals surface area contributed by atoms with Gasteiger partial charge in [0.1, 0.15) is 16.5 Å². The van der Waals surface area contributed by atoms with Crippen molar-refractivity contribution >= 4 is 40.6 Å². The third-order valence-corrected chi connectivity index (χ3v) is 8.40. The normalized spacial score (nSPS) is 10.9. The van der Waals surface area contributed by atoms with Crippen molar-refractivity contribution in [2.24, 2.45) is 0 Å². The van der Waals surface area contributed by atoms with Crippen LogP contribution in [-0.4, -0.2) is 46.4 Å². The van der Waals surface area contributed by atoms with Crippen molar-refractivity contribution in [3.8, 4) is 28.6 Å². The highest BCUT2D eigenvalue weighted by Crippen LogP contribution is 2.34. The summed E-state index contributed by atoms with van der Waals surface area (Å²) in [7, 11) is 3.17. The van der Waals surface area contributed by atoms with Crippen LogP contribution in [0.3, 0.4) is 0 Å².